The van der Waals surface area contributed by atoms with Gasteiger partial charge in [0.1, 0.15) is 0 Å². The lowest BCUT2D eigenvalue weighted by Crippen LogP contribution is -2.11. The van der Waals surface area contributed by atoms with Gasteiger partial charge in [-0.15, -0.1) is 0 Å². The van der Waals surface area contributed by atoms with Crippen LogP contribution in [0.1, 0.15) is 72.1 Å². The van der Waals surface area contributed by atoms with E-state index in [0.29, 0.717) is 0 Å². The zero-order chi connectivity index (χ0) is 11.4. The molecule has 0 fully saturated rings. The summed E-state index contributed by atoms with van der Waals surface area (Å²) in [4.78, 5) is 0. The molecular weight excluding hydrogens is 195 g/mol. The molecule has 15 heavy (non-hydrogen) atoms. The molecular formula is C14H31Al. The van der Waals surface area contributed by atoms with Crippen LogP contribution in [0.3, 0.4) is 0 Å². The van der Waals surface area contributed by atoms with Crippen molar-refractivity contribution in [2.45, 2.75) is 88.0 Å². The topological polar surface area (TPSA) is 0 Å². The molecule has 0 aromatic heterocycles. The van der Waals surface area contributed by atoms with Gasteiger partial charge in [-0.05, 0) is 0 Å². The van der Waals surface area contributed by atoms with Crippen LogP contribution in [0.4, 0.5) is 0 Å². The van der Waals surface area contributed by atoms with Gasteiger partial charge in [-0.25, -0.2) is 0 Å². The lowest BCUT2D eigenvalue weighted by molar-refractivity contribution is 0.694. The molecule has 0 aliphatic carbocycles. The predicted octanol–water partition coefficient (Wildman–Crippen LogP) is 5.66. The zero-order valence-corrected chi connectivity index (χ0v) is 12.5. The van der Waals surface area contributed by atoms with E-state index in [0.717, 1.165) is 0 Å². The predicted molar refractivity (Wildman–Crippen MR) is 74.1 cm³/mol. The van der Waals surface area contributed by atoms with Crippen molar-refractivity contribution < 1.29 is 0 Å². The second-order valence-electron chi connectivity index (χ2n) is 5.00. The van der Waals surface area contributed by atoms with E-state index in [2.05, 4.69) is 20.8 Å². The molecule has 1 heteroatoms. The van der Waals surface area contributed by atoms with Crippen molar-refractivity contribution in [1.29, 1.82) is 0 Å². The third-order valence-corrected chi connectivity index (χ3v) is 7.07. The van der Waals surface area contributed by atoms with E-state index in [4.69, 9.17) is 0 Å². The van der Waals surface area contributed by atoms with Crippen molar-refractivity contribution in [2.75, 3.05) is 0 Å². The maximum atomic E-state index is 2.34. The summed E-state index contributed by atoms with van der Waals surface area (Å²) in [6, 6.07) is 0. The molecule has 0 saturated carbocycles. The van der Waals surface area contributed by atoms with Gasteiger partial charge >= 0.3 is 0 Å². The summed E-state index contributed by atoms with van der Waals surface area (Å²) in [7, 11) is 0. The second kappa shape index (κ2) is 12.6. The molecule has 0 aromatic carbocycles. The highest BCUT2D eigenvalue weighted by atomic mass is 27.2. The Bertz CT molecular complexity index is 104. The fraction of sp³-hybridized carbons (Fsp3) is 1.00. The van der Waals surface area contributed by atoms with E-state index in [9.17, 15) is 0 Å². The molecule has 0 heterocycles. The van der Waals surface area contributed by atoms with E-state index in [1.807, 2.05) is 0 Å². The molecule has 0 nitrogen and oxygen atoms in total. The Morgan fingerprint density at radius 3 is 1.47 bits per heavy atom. The minimum absolute atomic E-state index is 0.312. The standard InChI is InChI=1S/C6H13.2C4H9.Al/c1-3-5-6-4-2;2*1-3-4-2;/h1,3-6H2,2H3;2*1,3-4H2,2H3;. The first-order valence-electron chi connectivity index (χ1n) is 7.35. The van der Waals surface area contributed by atoms with Gasteiger partial charge < -0.3 is 0 Å². The van der Waals surface area contributed by atoms with E-state index in [1.54, 1.807) is 15.8 Å². The maximum Gasteiger partial charge on any atom is 0.261 e. The highest BCUT2D eigenvalue weighted by molar-refractivity contribution is 6.58. The first-order valence-corrected chi connectivity index (χ1v) is 9.80. The zero-order valence-electron chi connectivity index (χ0n) is 11.4. The lowest BCUT2D eigenvalue weighted by Gasteiger charge is -2.10. The monoisotopic (exact) mass is 226 g/mol. The lowest BCUT2D eigenvalue weighted by atomic mass is 10.2. The van der Waals surface area contributed by atoms with E-state index in [-0.39, 0.29) is 14.1 Å². The van der Waals surface area contributed by atoms with Crippen LogP contribution < -0.4 is 0 Å². The van der Waals surface area contributed by atoms with E-state index >= 15 is 0 Å². The summed E-state index contributed by atoms with van der Waals surface area (Å²) in [5.74, 6) is 0. The molecule has 0 atom stereocenters. The van der Waals surface area contributed by atoms with Gasteiger partial charge in [0.2, 0.25) is 0 Å². The summed E-state index contributed by atoms with van der Waals surface area (Å²) in [5.41, 5.74) is 0. The highest BCUT2D eigenvalue weighted by Crippen LogP contribution is 2.17. The Morgan fingerprint density at radius 2 is 1.00 bits per heavy atom. The Labute approximate surface area is 102 Å². The molecule has 0 bridgehead atoms. The molecule has 90 valence electrons. The first-order chi connectivity index (χ1) is 7.35. The average Bonchev–Trinajstić information content (AvgIpc) is 2.27. The van der Waals surface area contributed by atoms with Gasteiger partial charge in [0.05, 0.1) is 0 Å². The van der Waals surface area contributed by atoms with Crippen molar-refractivity contribution in [3.8, 4) is 0 Å². The Balaban J connectivity index is 3.49. The molecule has 0 spiro atoms. The van der Waals surface area contributed by atoms with Crippen molar-refractivity contribution in [3.05, 3.63) is 0 Å². The Kier molecular flexibility index (Phi) is 13.0. The molecule has 0 saturated heterocycles. The normalized spacial score (nSPS) is 10.6. The van der Waals surface area contributed by atoms with Crippen LogP contribution in [0.15, 0.2) is 0 Å². The molecule has 0 aromatic rings. The third kappa shape index (κ3) is 10.8. The molecule has 0 radical (unpaired) electrons. The summed E-state index contributed by atoms with van der Waals surface area (Å²) in [6.45, 7) is 6.98. The van der Waals surface area contributed by atoms with E-state index < -0.39 is 0 Å². The third-order valence-electron chi connectivity index (χ3n) is 3.40. The SMILES string of the molecule is CCCCC[CH2][Al]([CH2]CCC)[CH2]CCC. The van der Waals surface area contributed by atoms with Crippen molar-refractivity contribution >= 4 is 14.1 Å². The van der Waals surface area contributed by atoms with Gasteiger partial charge in [-0.2, -0.15) is 0 Å². The van der Waals surface area contributed by atoms with Gasteiger partial charge in [-0.3, -0.25) is 0 Å². The van der Waals surface area contributed by atoms with Gasteiger partial charge in [-0.1, -0.05) is 88.0 Å². The van der Waals surface area contributed by atoms with Crippen LogP contribution in [0.5, 0.6) is 0 Å². The molecule has 0 aliphatic rings. The molecule has 0 unspecified atom stereocenters. The van der Waals surface area contributed by atoms with Gasteiger partial charge in [0, 0.05) is 0 Å². The fourth-order valence-electron chi connectivity index (χ4n) is 2.28. The number of hydrogen-bond acceptors (Lipinski definition) is 0. The fourth-order valence-corrected chi connectivity index (χ4v) is 5.98. The summed E-state index contributed by atoms with van der Waals surface area (Å²) in [6.07, 6.45) is 11.7. The van der Waals surface area contributed by atoms with Crippen molar-refractivity contribution in [3.63, 3.8) is 0 Å². The number of rotatable bonds is 11. The maximum absolute atomic E-state index is 2.34. The van der Waals surface area contributed by atoms with Gasteiger partial charge in [0.15, 0.2) is 0 Å². The largest absolute Gasteiger partial charge is 0.261 e. The van der Waals surface area contributed by atoms with Crippen LogP contribution >= 0.6 is 0 Å². The van der Waals surface area contributed by atoms with Crippen LogP contribution in [-0.4, -0.2) is 14.1 Å². The molecule has 0 rings (SSSR count). The quantitative estimate of drug-likeness (QED) is 0.315. The van der Waals surface area contributed by atoms with Crippen molar-refractivity contribution in [1.82, 2.24) is 0 Å². The highest BCUT2D eigenvalue weighted by Gasteiger charge is 2.14. The van der Waals surface area contributed by atoms with Gasteiger partial charge in [0.25, 0.3) is 14.1 Å². The Morgan fingerprint density at radius 1 is 0.533 bits per heavy atom. The second-order valence-corrected chi connectivity index (χ2v) is 8.46. The average molecular weight is 226 g/mol. The van der Waals surface area contributed by atoms with E-state index in [1.165, 1.54) is 51.4 Å². The van der Waals surface area contributed by atoms with Crippen LogP contribution in [0.25, 0.3) is 0 Å². The summed E-state index contributed by atoms with van der Waals surface area (Å²) in [5, 5.41) is 4.89. The minimum Gasteiger partial charge on any atom is -0.0939 e. The smallest absolute Gasteiger partial charge is 0.0939 e. The first kappa shape index (κ1) is 15.5. The Hall–Kier alpha value is 0.532. The van der Waals surface area contributed by atoms with Crippen LogP contribution in [-0.2, 0) is 0 Å². The van der Waals surface area contributed by atoms with Crippen LogP contribution in [0, 0.1) is 0 Å². The summed E-state index contributed by atoms with van der Waals surface area (Å²) >= 11 is -0.312. The molecule has 0 aliphatic heterocycles. The minimum atomic E-state index is -0.312. The number of unbranched alkanes of at least 4 members (excludes halogenated alkanes) is 5. The van der Waals surface area contributed by atoms with Crippen molar-refractivity contribution in [2.24, 2.45) is 0 Å². The number of hydrogen-bond donors (Lipinski definition) is 0. The summed E-state index contributed by atoms with van der Waals surface area (Å²) < 4.78 is 0. The van der Waals surface area contributed by atoms with Crippen LogP contribution in [0.2, 0.25) is 15.8 Å². The molecule has 0 N–H and O–H groups in total. The molecule has 0 amide bonds.